The van der Waals surface area contributed by atoms with Gasteiger partial charge in [-0.05, 0) is 91.3 Å². The quantitative estimate of drug-likeness (QED) is 0.183. The molecule has 0 atom stereocenters. The van der Waals surface area contributed by atoms with Gasteiger partial charge in [-0.1, -0.05) is 97.1 Å². The Kier molecular flexibility index (Phi) is 7.44. The zero-order chi connectivity index (χ0) is 31.0. The van der Waals surface area contributed by atoms with Gasteiger partial charge in [0.2, 0.25) is 0 Å². The average Bonchev–Trinajstić information content (AvgIpc) is 3.31. The van der Waals surface area contributed by atoms with Gasteiger partial charge < -0.3 is 9.31 Å². The first-order valence-electron chi connectivity index (χ1n) is 15.4. The zero-order valence-corrected chi connectivity index (χ0v) is 26.1. The summed E-state index contributed by atoms with van der Waals surface area (Å²) in [6.07, 6.45) is 3.72. The van der Waals surface area contributed by atoms with Crippen LogP contribution in [0.4, 0.5) is 0 Å². The second kappa shape index (κ2) is 11.6. The molecule has 1 aliphatic heterocycles. The summed E-state index contributed by atoms with van der Waals surface area (Å²) in [6.45, 7) is 8.35. The number of hydrogen-bond donors (Lipinski definition) is 0. The number of hydrogen-bond acceptors (Lipinski definition) is 4. The monoisotopic (exact) mass is 586 g/mol. The molecule has 0 bridgehead atoms. The lowest BCUT2D eigenvalue weighted by Crippen LogP contribution is -2.41. The second-order valence-electron chi connectivity index (χ2n) is 12.5. The van der Waals surface area contributed by atoms with Crippen molar-refractivity contribution in [2.75, 3.05) is 0 Å². The largest absolute Gasteiger partial charge is 0.494 e. The topological polar surface area (TPSA) is 44.2 Å². The van der Waals surface area contributed by atoms with Crippen LogP contribution in [0.5, 0.6) is 0 Å². The van der Waals surface area contributed by atoms with Crippen LogP contribution in [-0.2, 0) is 9.31 Å². The van der Waals surface area contributed by atoms with Crippen LogP contribution < -0.4 is 5.46 Å². The van der Waals surface area contributed by atoms with Gasteiger partial charge in [-0.2, -0.15) is 0 Å². The van der Waals surface area contributed by atoms with Crippen LogP contribution in [0.2, 0.25) is 0 Å². The van der Waals surface area contributed by atoms with Crippen LogP contribution in [0.15, 0.2) is 140 Å². The molecule has 3 heterocycles. The average molecular weight is 587 g/mol. The molecule has 5 heteroatoms. The molecular formula is C40H35BN2O2. The van der Waals surface area contributed by atoms with Gasteiger partial charge in [-0.15, -0.1) is 0 Å². The van der Waals surface area contributed by atoms with Crippen molar-refractivity contribution >= 4 is 12.6 Å². The van der Waals surface area contributed by atoms with Crippen LogP contribution >= 0.6 is 0 Å². The molecule has 6 aromatic rings. The fourth-order valence-corrected chi connectivity index (χ4v) is 6.04. The van der Waals surface area contributed by atoms with Gasteiger partial charge in [0.05, 0.1) is 22.6 Å². The number of nitrogens with zero attached hydrogens (tertiary/aromatic N) is 2. The predicted octanol–water partition coefficient (Wildman–Crippen LogP) is 9.11. The van der Waals surface area contributed by atoms with E-state index in [2.05, 4.69) is 137 Å². The Labute approximate surface area is 265 Å². The van der Waals surface area contributed by atoms with Crippen molar-refractivity contribution in [3.8, 4) is 55.9 Å². The third-order valence-electron chi connectivity index (χ3n) is 9.04. The Bertz CT molecular complexity index is 1930. The maximum Gasteiger partial charge on any atom is 0.494 e. The molecule has 1 aliphatic rings. The first-order valence-corrected chi connectivity index (χ1v) is 15.4. The predicted molar refractivity (Wildman–Crippen MR) is 185 cm³/mol. The van der Waals surface area contributed by atoms with Gasteiger partial charge >= 0.3 is 7.12 Å². The number of aromatic nitrogens is 2. The molecule has 0 aliphatic carbocycles. The lowest BCUT2D eigenvalue weighted by Gasteiger charge is -2.32. The zero-order valence-electron chi connectivity index (χ0n) is 26.1. The summed E-state index contributed by atoms with van der Waals surface area (Å²) in [6, 6.07) is 44.2. The highest BCUT2D eigenvalue weighted by Gasteiger charge is 2.51. The van der Waals surface area contributed by atoms with Crippen molar-refractivity contribution in [2.24, 2.45) is 0 Å². The number of benzene rings is 4. The molecule has 4 nitrogen and oxygen atoms in total. The minimum atomic E-state index is -0.472. The molecule has 7 rings (SSSR count). The minimum absolute atomic E-state index is 0.434. The SMILES string of the molecule is CC1(C)OB(c2cccc(-c3cc(-c4ccccn4)c(-c4ccccc4)c(-c4ccccc4)c3-c3ccccn3)c2)OC1(C)C. The number of pyridine rings is 2. The van der Waals surface area contributed by atoms with E-state index in [-0.39, 0.29) is 0 Å². The molecule has 4 aromatic carbocycles. The Morgan fingerprint density at radius 1 is 0.467 bits per heavy atom. The van der Waals surface area contributed by atoms with Crippen molar-refractivity contribution in [3.63, 3.8) is 0 Å². The van der Waals surface area contributed by atoms with Gasteiger partial charge in [-0.25, -0.2) is 0 Å². The molecule has 0 spiro atoms. The van der Waals surface area contributed by atoms with Crippen molar-refractivity contribution in [3.05, 3.63) is 140 Å². The molecule has 0 radical (unpaired) electrons. The highest BCUT2D eigenvalue weighted by Crippen LogP contribution is 2.49. The van der Waals surface area contributed by atoms with Crippen molar-refractivity contribution in [1.29, 1.82) is 0 Å². The highest BCUT2D eigenvalue weighted by atomic mass is 16.7. The van der Waals surface area contributed by atoms with E-state index in [0.717, 1.165) is 61.4 Å². The summed E-state index contributed by atoms with van der Waals surface area (Å²) in [5.41, 5.74) is 10.6. The molecule has 45 heavy (non-hydrogen) atoms. The van der Waals surface area contributed by atoms with Crippen molar-refractivity contribution < 1.29 is 9.31 Å². The highest BCUT2D eigenvalue weighted by molar-refractivity contribution is 6.62. The Balaban J connectivity index is 1.57. The van der Waals surface area contributed by atoms with E-state index in [1.54, 1.807) is 0 Å². The molecule has 2 aromatic heterocycles. The Morgan fingerprint density at radius 3 is 1.58 bits per heavy atom. The fourth-order valence-electron chi connectivity index (χ4n) is 6.04. The summed E-state index contributed by atoms with van der Waals surface area (Å²) in [4.78, 5) is 9.80. The van der Waals surface area contributed by atoms with Crippen LogP contribution in [0.25, 0.3) is 55.9 Å². The smallest absolute Gasteiger partial charge is 0.399 e. The first kappa shape index (κ1) is 28.9. The first-order chi connectivity index (χ1) is 21.8. The molecule has 1 fully saturated rings. The third-order valence-corrected chi connectivity index (χ3v) is 9.04. The lowest BCUT2D eigenvalue weighted by atomic mass is 9.76. The molecule has 1 saturated heterocycles. The van der Waals surface area contributed by atoms with Gasteiger partial charge in [-0.3, -0.25) is 9.97 Å². The number of rotatable bonds is 6. The van der Waals surface area contributed by atoms with Crippen LogP contribution in [-0.4, -0.2) is 28.3 Å². The standard InChI is InChI=1S/C40H35BN2O2/c1-39(2)40(3,4)45-41(44-39)31-21-15-20-30(26-31)32-27-33(34-22-11-13-24-42-34)36(28-16-7-5-8-17-28)37(29-18-9-6-10-19-29)38(32)35-23-12-14-25-43-35/h5-27H,1-4H3. The maximum absolute atomic E-state index is 6.47. The van der Waals surface area contributed by atoms with Crippen LogP contribution in [0.3, 0.4) is 0 Å². The normalized spacial score (nSPS) is 15.2. The van der Waals surface area contributed by atoms with Crippen molar-refractivity contribution in [2.45, 2.75) is 38.9 Å². The summed E-state index contributed by atoms with van der Waals surface area (Å²) < 4.78 is 12.9. The van der Waals surface area contributed by atoms with Crippen molar-refractivity contribution in [1.82, 2.24) is 9.97 Å². The summed E-state index contributed by atoms with van der Waals surface area (Å²) in [7, 11) is -0.472. The van der Waals surface area contributed by atoms with Crippen LogP contribution in [0, 0.1) is 0 Å². The van der Waals surface area contributed by atoms with E-state index in [4.69, 9.17) is 19.3 Å². The molecular weight excluding hydrogens is 551 g/mol. The molecule has 0 unspecified atom stereocenters. The molecule has 0 N–H and O–H groups in total. The van der Waals surface area contributed by atoms with E-state index >= 15 is 0 Å². The minimum Gasteiger partial charge on any atom is -0.399 e. The molecule has 0 amide bonds. The van der Waals surface area contributed by atoms with Gasteiger partial charge in [0.25, 0.3) is 0 Å². The van der Waals surface area contributed by atoms with E-state index in [0.29, 0.717) is 0 Å². The Morgan fingerprint density at radius 2 is 1.00 bits per heavy atom. The van der Waals surface area contributed by atoms with E-state index < -0.39 is 18.3 Å². The van der Waals surface area contributed by atoms with E-state index in [1.807, 2.05) is 30.6 Å². The summed E-state index contributed by atoms with van der Waals surface area (Å²) in [5, 5.41) is 0. The maximum atomic E-state index is 6.47. The summed E-state index contributed by atoms with van der Waals surface area (Å²) >= 11 is 0. The summed E-state index contributed by atoms with van der Waals surface area (Å²) in [5.74, 6) is 0. The molecule has 220 valence electrons. The lowest BCUT2D eigenvalue weighted by molar-refractivity contribution is 0.00578. The molecule has 0 saturated carbocycles. The van der Waals surface area contributed by atoms with E-state index in [9.17, 15) is 0 Å². The fraction of sp³-hybridized carbons (Fsp3) is 0.150. The van der Waals surface area contributed by atoms with Crippen LogP contribution in [0.1, 0.15) is 27.7 Å². The second-order valence-corrected chi connectivity index (χ2v) is 12.5. The van der Waals surface area contributed by atoms with Gasteiger partial charge in [0.1, 0.15) is 0 Å². The van der Waals surface area contributed by atoms with Gasteiger partial charge in [0, 0.05) is 29.1 Å². The van der Waals surface area contributed by atoms with Gasteiger partial charge in [0.15, 0.2) is 0 Å². The van der Waals surface area contributed by atoms with E-state index in [1.165, 1.54) is 0 Å². The third kappa shape index (κ3) is 5.39. The Hall–Kier alpha value is -4.84.